The van der Waals surface area contributed by atoms with Crippen LogP contribution in [0.5, 0.6) is 0 Å². The molecule has 3 rings (SSSR count). The quantitative estimate of drug-likeness (QED) is 0.429. The van der Waals surface area contributed by atoms with Crippen molar-refractivity contribution in [1.82, 2.24) is 19.3 Å². The smallest absolute Gasteiger partial charge is 0.303 e. The normalized spacial score (nSPS) is 11.0. The molecule has 0 aliphatic carbocycles. The molecular weight excluding hydrogens is 388 g/mol. The molecule has 29 heavy (non-hydrogen) atoms. The van der Waals surface area contributed by atoms with Crippen molar-refractivity contribution >= 4 is 17.7 Å². The number of hydrogen-bond donors (Lipinski definition) is 1. The number of aliphatic carboxylic acids is 1. The Kier molecular flexibility index (Phi) is 6.87. The number of carboxylic acids is 1. The van der Waals surface area contributed by atoms with Gasteiger partial charge in [0.05, 0.1) is 6.20 Å². The predicted octanol–water partition coefficient (Wildman–Crippen LogP) is 3.03. The molecule has 0 bridgehead atoms. The van der Waals surface area contributed by atoms with Crippen LogP contribution in [0, 0.1) is 6.92 Å². The summed E-state index contributed by atoms with van der Waals surface area (Å²) in [6.45, 7) is 2.54. The van der Waals surface area contributed by atoms with Gasteiger partial charge in [-0.15, -0.1) is 0 Å². The molecule has 0 aliphatic heterocycles. The lowest BCUT2D eigenvalue weighted by molar-refractivity contribution is -0.137. The molecule has 0 atom stereocenters. The topological polar surface area (TPSA) is 90.0 Å². The van der Waals surface area contributed by atoms with Crippen LogP contribution in [0.2, 0.25) is 0 Å². The van der Waals surface area contributed by atoms with Crippen LogP contribution in [-0.2, 0) is 30.6 Å². The van der Waals surface area contributed by atoms with Gasteiger partial charge in [-0.2, -0.15) is 10.1 Å². The zero-order valence-electron chi connectivity index (χ0n) is 16.5. The van der Waals surface area contributed by atoms with Crippen molar-refractivity contribution in [3.8, 4) is 0 Å². The molecule has 1 aromatic carbocycles. The minimum atomic E-state index is -0.830. The van der Waals surface area contributed by atoms with Crippen LogP contribution >= 0.6 is 11.8 Å². The predicted molar refractivity (Wildman–Crippen MR) is 112 cm³/mol. The summed E-state index contributed by atoms with van der Waals surface area (Å²) in [4.78, 5) is 27.8. The standard InChI is InChI=1S/C21H24N4O3S/c1-15-5-7-16(8-6-15)14-29-21-23-20(28)18(10-17-11-22-24(2)12-17)13-25(21)9-3-4-19(26)27/h5-8,11-13H,3-4,9-10,14H2,1-2H3,(H,26,27). The van der Waals surface area contributed by atoms with E-state index < -0.39 is 5.97 Å². The van der Waals surface area contributed by atoms with Gasteiger partial charge in [-0.3, -0.25) is 14.3 Å². The van der Waals surface area contributed by atoms with E-state index in [1.54, 1.807) is 10.9 Å². The first kappa shape index (κ1) is 20.9. The van der Waals surface area contributed by atoms with Gasteiger partial charge in [-0.25, -0.2) is 0 Å². The fourth-order valence-electron chi connectivity index (χ4n) is 2.93. The monoisotopic (exact) mass is 412 g/mol. The summed E-state index contributed by atoms with van der Waals surface area (Å²) < 4.78 is 3.59. The first-order chi connectivity index (χ1) is 13.9. The number of hydrogen-bond acceptors (Lipinski definition) is 5. The van der Waals surface area contributed by atoms with Crippen LogP contribution in [0.25, 0.3) is 0 Å². The highest BCUT2D eigenvalue weighted by Crippen LogP contribution is 2.21. The zero-order valence-corrected chi connectivity index (χ0v) is 17.4. The average molecular weight is 413 g/mol. The number of aromatic nitrogens is 4. The van der Waals surface area contributed by atoms with Gasteiger partial charge in [0.25, 0.3) is 5.56 Å². The molecule has 0 saturated heterocycles. The molecule has 0 amide bonds. The van der Waals surface area contributed by atoms with E-state index in [1.165, 1.54) is 17.3 Å². The number of rotatable bonds is 9. The van der Waals surface area contributed by atoms with Crippen molar-refractivity contribution in [1.29, 1.82) is 0 Å². The Bertz CT molecular complexity index is 1040. The zero-order chi connectivity index (χ0) is 20.8. The van der Waals surface area contributed by atoms with Crippen LogP contribution in [0.1, 0.15) is 35.1 Å². The van der Waals surface area contributed by atoms with Crippen molar-refractivity contribution in [2.45, 2.75) is 43.6 Å². The van der Waals surface area contributed by atoms with Crippen molar-refractivity contribution in [3.63, 3.8) is 0 Å². The number of aryl methyl sites for hydroxylation is 3. The van der Waals surface area contributed by atoms with E-state index in [0.29, 0.717) is 35.9 Å². The SMILES string of the molecule is Cc1ccc(CSc2nc(=O)c(Cc3cnn(C)c3)cn2CCCC(=O)O)cc1. The third kappa shape index (κ3) is 6.05. The van der Waals surface area contributed by atoms with Crippen molar-refractivity contribution in [3.05, 3.63) is 75.5 Å². The molecule has 8 heteroatoms. The van der Waals surface area contributed by atoms with Crippen molar-refractivity contribution in [2.75, 3.05) is 0 Å². The fourth-order valence-corrected chi connectivity index (χ4v) is 3.88. The minimum absolute atomic E-state index is 0.0755. The molecule has 0 aliphatic rings. The molecule has 0 fully saturated rings. The minimum Gasteiger partial charge on any atom is -0.481 e. The van der Waals surface area contributed by atoms with E-state index in [0.717, 1.165) is 11.1 Å². The summed E-state index contributed by atoms with van der Waals surface area (Å²) in [6, 6.07) is 8.23. The molecule has 152 valence electrons. The van der Waals surface area contributed by atoms with Gasteiger partial charge in [0.15, 0.2) is 5.16 Å². The Morgan fingerprint density at radius 1 is 1.17 bits per heavy atom. The Morgan fingerprint density at radius 3 is 2.59 bits per heavy atom. The number of carboxylic acid groups (broad SMARTS) is 1. The second-order valence-electron chi connectivity index (χ2n) is 7.02. The average Bonchev–Trinajstić information content (AvgIpc) is 3.08. The number of benzene rings is 1. The first-order valence-corrected chi connectivity index (χ1v) is 10.4. The maximum absolute atomic E-state index is 12.6. The summed E-state index contributed by atoms with van der Waals surface area (Å²) in [6.07, 6.45) is 6.40. The Balaban J connectivity index is 1.82. The summed E-state index contributed by atoms with van der Waals surface area (Å²) in [5, 5.41) is 13.7. The Labute approximate surface area is 173 Å². The number of thioether (sulfide) groups is 1. The first-order valence-electron chi connectivity index (χ1n) is 9.39. The van der Waals surface area contributed by atoms with Gasteiger partial charge in [0, 0.05) is 50.1 Å². The molecule has 0 radical (unpaired) electrons. The van der Waals surface area contributed by atoms with E-state index in [1.807, 2.05) is 30.9 Å². The van der Waals surface area contributed by atoms with E-state index in [2.05, 4.69) is 34.3 Å². The molecule has 0 spiro atoms. The number of carbonyl (C=O) groups is 1. The lowest BCUT2D eigenvalue weighted by atomic mass is 10.1. The lowest BCUT2D eigenvalue weighted by Gasteiger charge is -2.13. The highest BCUT2D eigenvalue weighted by molar-refractivity contribution is 7.98. The molecule has 0 unspecified atom stereocenters. The van der Waals surface area contributed by atoms with Gasteiger partial charge in [0.2, 0.25) is 0 Å². The van der Waals surface area contributed by atoms with Gasteiger partial charge < -0.3 is 9.67 Å². The second-order valence-corrected chi connectivity index (χ2v) is 7.96. The van der Waals surface area contributed by atoms with Crippen molar-refractivity contribution in [2.24, 2.45) is 7.05 Å². The summed E-state index contributed by atoms with van der Waals surface area (Å²) in [7, 11) is 1.83. The summed E-state index contributed by atoms with van der Waals surface area (Å²) >= 11 is 1.49. The van der Waals surface area contributed by atoms with Crippen LogP contribution in [-0.4, -0.2) is 30.4 Å². The maximum Gasteiger partial charge on any atom is 0.303 e. The molecule has 7 nitrogen and oxygen atoms in total. The van der Waals surface area contributed by atoms with Crippen LogP contribution in [0.4, 0.5) is 0 Å². The highest BCUT2D eigenvalue weighted by Gasteiger charge is 2.12. The van der Waals surface area contributed by atoms with Crippen molar-refractivity contribution < 1.29 is 9.90 Å². The molecule has 2 heterocycles. The summed E-state index contributed by atoms with van der Waals surface area (Å²) in [5.74, 6) is -0.142. The fraction of sp³-hybridized carbons (Fsp3) is 0.333. The van der Waals surface area contributed by atoms with E-state index in [9.17, 15) is 9.59 Å². The van der Waals surface area contributed by atoms with E-state index in [-0.39, 0.29) is 12.0 Å². The second kappa shape index (κ2) is 9.56. The van der Waals surface area contributed by atoms with Gasteiger partial charge in [-0.1, -0.05) is 41.6 Å². The maximum atomic E-state index is 12.6. The van der Waals surface area contributed by atoms with E-state index >= 15 is 0 Å². The summed E-state index contributed by atoms with van der Waals surface area (Å²) in [5.41, 5.74) is 3.60. The van der Waals surface area contributed by atoms with Crippen LogP contribution in [0.3, 0.4) is 0 Å². The van der Waals surface area contributed by atoms with Crippen LogP contribution < -0.4 is 5.56 Å². The highest BCUT2D eigenvalue weighted by atomic mass is 32.2. The number of nitrogens with zero attached hydrogens (tertiary/aromatic N) is 4. The molecular formula is C21H24N4O3S. The van der Waals surface area contributed by atoms with Gasteiger partial charge in [-0.05, 0) is 24.5 Å². The largest absolute Gasteiger partial charge is 0.481 e. The third-order valence-corrected chi connectivity index (χ3v) is 5.52. The Hall–Kier alpha value is -2.87. The molecule has 3 aromatic rings. The molecule has 2 aromatic heterocycles. The van der Waals surface area contributed by atoms with Gasteiger partial charge in [0.1, 0.15) is 0 Å². The van der Waals surface area contributed by atoms with E-state index in [4.69, 9.17) is 5.11 Å². The van der Waals surface area contributed by atoms with Crippen LogP contribution in [0.15, 0.2) is 52.8 Å². The molecule has 0 saturated carbocycles. The Morgan fingerprint density at radius 2 is 1.93 bits per heavy atom. The van der Waals surface area contributed by atoms with Gasteiger partial charge >= 0.3 is 5.97 Å². The lowest BCUT2D eigenvalue weighted by Crippen LogP contribution is -2.20. The molecule has 1 N–H and O–H groups in total. The third-order valence-electron chi connectivity index (χ3n) is 4.46.